The van der Waals surface area contributed by atoms with Gasteiger partial charge in [0.05, 0.1) is 18.3 Å². The highest BCUT2D eigenvalue weighted by molar-refractivity contribution is 5.92. The fraction of sp³-hybridized carbons (Fsp3) is 0.500. The Morgan fingerprint density at radius 1 is 1.53 bits per heavy atom. The molecule has 0 aliphatic carbocycles. The lowest BCUT2D eigenvalue weighted by Gasteiger charge is -2.28. The Bertz CT molecular complexity index is 364. The molecule has 0 aromatic carbocycles. The van der Waals surface area contributed by atoms with Crippen LogP contribution in [-0.2, 0) is 4.74 Å². The molecule has 0 bridgehead atoms. The minimum Gasteiger partial charge on any atom is -0.359 e. The highest BCUT2D eigenvalue weighted by Crippen LogP contribution is 2.22. The summed E-state index contributed by atoms with van der Waals surface area (Å²) in [6.45, 7) is 4.81. The monoisotopic (exact) mass is 207 g/mol. The van der Waals surface area contributed by atoms with Gasteiger partial charge in [0.2, 0.25) is 0 Å². The van der Waals surface area contributed by atoms with Crippen molar-refractivity contribution in [2.24, 2.45) is 0 Å². The Labute approximate surface area is 88.1 Å². The van der Waals surface area contributed by atoms with Crippen molar-refractivity contribution in [1.82, 2.24) is 14.9 Å². The quantitative estimate of drug-likeness (QED) is 0.679. The van der Waals surface area contributed by atoms with Crippen molar-refractivity contribution >= 4 is 5.91 Å². The summed E-state index contributed by atoms with van der Waals surface area (Å²) in [4.78, 5) is 21.5. The lowest BCUT2D eigenvalue weighted by molar-refractivity contribution is 0.0599. The van der Waals surface area contributed by atoms with Crippen LogP contribution in [0.4, 0.5) is 0 Å². The second-order valence-electron chi connectivity index (χ2n) is 4.11. The van der Waals surface area contributed by atoms with E-state index in [1.165, 1.54) is 12.4 Å². The second kappa shape index (κ2) is 3.58. The van der Waals surface area contributed by atoms with Gasteiger partial charge < -0.3 is 9.64 Å². The van der Waals surface area contributed by atoms with Crippen LogP contribution in [0.25, 0.3) is 0 Å². The van der Waals surface area contributed by atoms with E-state index in [4.69, 9.17) is 4.74 Å². The number of rotatable bonds is 1. The molecule has 1 fully saturated rings. The smallest absolute Gasteiger partial charge is 0.276 e. The van der Waals surface area contributed by atoms with E-state index in [0.29, 0.717) is 19.0 Å². The van der Waals surface area contributed by atoms with Crippen LogP contribution < -0.4 is 0 Å². The number of aromatic nitrogens is 2. The molecule has 1 aromatic rings. The van der Waals surface area contributed by atoms with Gasteiger partial charge in [0.1, 0.15) is 12.4 Å². The number of ether oxygens (including phenoxy) is 1. The number of hydrogen-bond acceptors (Lipinski definition) is 4. The largest absolute Gasteiger partial charge is 0.359 e. The van der Waals surface area contributed by atoms with Crippen LogP contribution in [0.15, 0.2) is 18.6 Å². The van der Waals surface area contributed by atoms with E-state index in [2.05, 4.69) is 9.97 Å². The van der Waals surface area contributed by atoms with E-state index >= 15 is 0 Å². The number of amides is 1. The average molecular weight is 207 g/mol. The first-order valence-corrected chi connectivity index (χ1v) is 4.77. The molecule has 0 N–H and O–H groups in total. The highest BCUT2D eigenvalue weighted by atomic mass is 16.5. The molecule has 1 aliphatic heterocycles. The minimum atomic E-state index is -0.269. The molecule has 1 saturated heterocycles. The van der Waals surface area contributed by atoms with Crippen molar-refractivity contribution in [2.45, 2.75) is 19.4 Å². The topological polar surface area (TPSA) is 55.3 Å². The summed E-state index contributed by atoms with van der Waals surface area (Å²) in [5, 5.41) is 0. The van der Waals surface area contributed by atoms with Crippen molar-refractivity contribution in [2.75, 3.05) is 13.3 Å². The van der Waals surface area contributed by atoms with E-state index in [1.54, 1.807) is 11.1 Å². The highest BCUT2D eigenvalue weighted by Gasteiger charge is 2.37. The zero-order chi connectivity index (χ0) is 10.9. The normalized spacial score (nSPS) is 19.2. The maximum Gasteiger partial charge on any atom is 0.276 e. The molecule has 2 rings (SSSR count). The average Bonchev–Trinajstić information content (AvgIpc) is 2.58. The molecule has 1 aliphatic rings. The SMILES string of the molecule is CC1(C)COCN1C(=O)c1cnccn1. The summed E-state index contributed by atoms with van der Waals surface area (Å²) < 4.78 is 5.27. The van der Waals surface area contributed by atoms with Crippen LogP contribution in [-0.4, -0.2) is 39.7 Å². The summed E-state index contributed by atoms with van der Waals surface area (Å²) in [5.74, 6) is -0.134. The number of carbonyl (C=O) groups is 1. The van der Waals surface area contributed by atoms with Gasteiger partial charge in [0.25, 0.3) is 5.91 Å². The molecule has 0 atom stereocenters. The van der Waals surface area contributed by atoms with Gasteiger partial charge in [0, 0.05) is 12.4 Å². The van der Waals surface area contributed by atoms with E-state index < -0.39 is 0 Å². The van der Waals surface area contributed by atoms with Crippen LogP contribution in [0.3, 0.4) is 0 Å². The van der Waals surface area contributed by atoms with Gasteiger partial charge in [-0.3, -0.25) is 9.78 Å². The molecule has 15 heavy (non-hydrogen) atoms. The summed E-state index contributed by atoms with van der Waals surface area (Å²) in [6.07, 6.45) is 4.52. The van der Waals surface area contributed by atoms with Crippen LogP contribution in [0.5, 0.6) is 0 Å². The number of carbonyl (C=O) groups excluding carboxylic acids is 1. The maximum atomic E-state index is 12.0. The molecule has 5 nitrogen and oxygen atoms in total. The van der Waals surface area contributed by atoms with Gasteiger partial charge in [-0.25, -0.2) is 4.98 Å². The fourth-order valence-electron chi connectivity index (χ4n) is 1.52. The fourth-order valence-corrected chi connectivity index (χ4v) is 1.52. The van der Waals surface area contributed by atoms with E-state index in [-0.39, 0.29) is 11.4 Å². The summed E-state index contributed by atoms with van der Waals surface area (Å²) in [6, 6.07) is 0. The molecular weight excluding hydrogens is 194 g/mol. The van der Waals surface area contributed by atoms with Crippen LogP contribution in [0.1, 0.15) is 24.3 Å². The third-order valence-corrected chi connectivity index (χ3v) is 2.43. The molecule has 2 heterocycles. The Morgan fingerprint density at radius 2 is 2.33 bits per heavy atom. The Kier molecular flexibility index (Phi) is 2.40. The molecule has 0 spiro atoms. The van der Waals surface area contributed by atoms with Gasteiger partial charge in [-0.2, -0.15) is 0 Å². The van der Waals surface area contributed by atoms with E-state index in [0.717, 1.165) is 0 Å². The van der Waals surface area contributed by atoms with Crippen molar-refractivity contribution < 1.29 is 9.53 Å². The third-order valence-electron chi connectivity index (χ3n) is 2.43. The van der Waals surface area contributed by atoms with Crippen molar-refractivity contribution in [3.8, 4) is 0 Å². The van der Waals surface area contributed by atoms with Gasteiger partial charge in [0.15, 0.2) is 0 Å². The second-order valence-corrected chi connectivity index (χ2v) is 4.11. The Morgan fingerprint density at radius 3 is 2.87 bits per heavy atom. The third kappa shape index (κ3) is 1.83. The molecule has 5 heteroatoms. The van der Waals surface area contributed by atoms with E-state index in [9.17, 15) is 4.79 Å². The predicted molar refractivity (Wildman–Crippen MR) is 53.1 cm³/mol. The predicted octanol–water partition coefficient (Wildman–Crippen LogP) is 0.685. The van der Waals surface area contributed by atoms with Gasteiger partial charge in [-0.1, -0.05) is 0 Å². The molecule has 1 aromatic heterocycles. The summed E-state index contributed by atoms with van der Waals surface area (Å²) in [5.41, 5.74) is 0.0882. The lowest BCUT2D eigenvalue weighted by Crippen LogP contribution is -2.44. The van der Waals surface area contributed by atoms with E-state index in [1.807, 2.05) is 13.8 Å². The first kappa shape index (κ1) is 10.0. The molecule has 0 radical (unpaired) electrons. The minimum absolute atomic E-state index is 0.134. The van der Waals surface area contributed by atoms with Gasteiger partial charge in [-0.05, 0) is 13.8 Å². The molecular formula is C10H13N3O2. The number of hydrogen-bond donors (Lipinski definition) is 0. The Hall–Kier alpha value is -1.49. The van der Waals surface area contributed by atoms with Crippen LogP contribution >= 0.6 is 0 Å². The molecule has 0 unspecified atom stereocenters. The standard InChI is InChI=1S/C10H13N3O2/c1-10(2)6-15-7-13(10)9(14)8-5-11-3-4-12-8/h3-5H,6-7H2,1-2H3. The molecule has 0 saturated carbocycles. The first-order valence-electron chi connectivity index (χ1n) is 4.77. The molecule has 80 valence electrons. The lowest BCUT2D eigenvalue weighted by atomic mass is 10.1. The van der Waals surface area contributed by atoms with Crippen LogP contribution in [0.2, 0.25) is 0 Å². The number of nitrogens with zero attached hydrogens (tertiary/aromatic N) is 3. The van der Waals surface area contributed by atoms with Crippen molar-refractivity contribution in [1.29, 1.82) is 0 Å². The van der Waals surface area contributed by atoms with Crippen molar-refractivity contribution in [3.05, 3.63) is 24.3 Å². The summed E-state index contributed by atoms with van der Waals surface area (Å²) >= 11 is 0. The zero-order valence-corrected chi connectivity index (χ0v) is 8.80. The van der Waals surface area contributed by atoms with Gasteiger partial charge >= 0.3 is 0 Å². The summed E-state index contributed by atoms with van der Waals surface area (Å²) in [7, 11) is 0. The first-order chi connectivity index (χ1) is 7.11. The maximum absolute atomic E-state index is 12.0. The Balaban J connectivity index is 2.22. The zero-order valence-electron chi connectivity index (χ0n) is 8.80. The van der Waals surface area contributed by atoms with Gasteiger partial charge in [-0.15, -0.1) is 0 Å². The van der Waals surface area contributed by atoms with Crippen molar-refractivity contribution in [3.63, 3.8) is 0 Å². The molecule has 1 amide bonds. The van der Waals surface area contributed by atoms with Crippen LogP contribution in [0, 0.1) is 0 Å².